The maximum absolute atomic E-state index is 12.3. The monoisotopic (exact) mass is 376 g/mol. The van der Waals surface area contributed by atoms with Crippen molar-refractivity contribution in [3.63, 3.8) is 0 Å². The summed E-state index contributed by atoms with van der Waals surface area (Å²) in [5.41, 5.74) is 1.15. The predicted molar refractivity (Wildman–Crippen MR) is 92.7 cm³/mol. The molecule has 0 unspecified atom stereocenters. The third-order valence-corrected chi connectivity index (χ3v) is 3.65. The van der Waals surface area contributed by atoms with E-state index in [-0.39, 0.29) is 18.4 Å². The van der Waals surface area contributed by atoms with E-state index in [1.165, 1.54) is 4.90 Å². The molecule has 0 aromatic heterocycles. The zero-order chi connectivity index (χ0) is 16.8. The summed E-state index contributed by atoms with van der Waals surface area (Å²) in [6.45, 7) is -0.0391. The molecule has 120 valence electrons. The number of ether oxygens (including phenoxy) is 1. The molecular weight excluding hydrogens is 360 g/mol. The van der Waals surface area contributed by atoms with Crippen LogP contribution in [-0.2, 0) is 4.79 Å². The second kappa shape index (κ2) is 7.78. The second-order valence-electron chi connectivity index (χ2n) is 4.95. The fourth-order valence-corrected chi connectivity index (χ4v) is 2.43. The molecule has 1 N–H and O–H groups in total. The quantitative estimate of drug-likeness (QED) is 0.871. The summed E-state index contributed by atoms with van der Waals surface area (Å²) >= 11 is 3.33. The van der Waals surface area contributed by atoms with Gasteiger partial charge in [0, 0.05) is 28.8 Å². The number of halogens is 1. The van der Waals surface area contributed by atoms with Crippen LogP contribution in [0.1, 0.15) is 10.4 Å². The van der Waals surface area contributed by atoms with Crippen LogP contribution in [0.25, 0.3) is 0 Å². The highest BCUT2D eigenvalue weighted by atomic mass is 79.9. The van der Waals surface area contributed by atoms with Gasteiger partial charge in [0.2, 0.25) is 5.91 Å². The topological polar surface area (TPSA) is 58.6 Å². The molecule has 0 fully saturated rings. The number of carbonyl (C=O) groups excluding carboxylic acids is 2. The van der Waals surface area contributed by atoms with Gasteiger partial charge in [-0.05, 0) is 30.3 Å². The Morgan fingerprint density at radius 3 is 2.61 bits per heavy atom. The zero-order valence-electron chi connectivity index (χ0n) is 12.9. The number of anilines is 1. The molecule has 0 atom stereocenters. The number of benzene rings is 2. The number of methoxy groups -OCH3 is 1. The van der Waals surface area contributed by atoms with Crippen LogP contribution in [0.3, 0.4) is 0 Å². The first-order chi connectivity index (χ1) is 11.0. The van der Waals surface area contributed by atoms with Gasteiger partial charge in [-0.1, -0.05) is 28.1 Å². The molecule has 0 radical (unpaired) electrons. The highest BCUT2D eigenvalue weighted by molar-refractivity contribution is 9.10. The van der Waals surface area contributed by atoms with Crippen LogP contribution in [0, 0.1) is 0 Å². The third kappa shape index (κ3) is 4.82. The number of hydrogen-bond acceptors (Lipinski definition) is 3. The van der Waals surface area contributed by atoms with Crippen molar-refractivity contribution < 1.29 is 14.3 Å². The maximum atomic E-state index is 12.3. The van der Waals surface area contributed by atoms with E-state index in [4.69, 9.17) is 4.74 Å². The molecule has 2 amide bonds. The van der Waals surface area contributed by atoms with E-state index >= 15 is 0 Å². The van der Waals surface area contributed by atoms with Gasteiger partial charge in [-0.25, -0.2) is 0 Å². The number of likely N-dealkylation sites (N-methyl/N-ethyl adjacent to an activating group) is 1. The summed E-state index contributed by atoms with van der Waals surface area (Å²) in [6, 6.07) is 14.1. The Bertz CT molecular complexity index is 718. The highest BCUT2D eigenvalue weighted by Crippen LogP contribution is 2.17. The standard InChI is InChI=1S/C17H17BrN2O3/c1-20(17(22)12-5-3-6-13(18)9-12)11-16(21)19-14-7-4-8-15(10-14)23-2/h3-10H,11H2,1-2H3,(H,19,21). The lowest BCUT2D eigenvalue weighted by atomic mass is 10.2. The fraction of sp³-hybridized carbons (Fsp3) is 0.176. The van der Waals surface area contributed by atoms with Crippen LogP contribution in [-0.4, -0.2) is 37.4 Å². The van der Waals surface area contributed by atoms with Crippen LogP contribution in [0.5, 0.6) is 5.75 Å². The lowest BCUT2D eigenvalue weighted by Crippen LogP contribution is -2.34. The average Bonchev–Trinajstić information content (AvgIpc) is 2.54. The molecular formula is C17H17BrN2O3. The maximum Gasteiger partial charge on any atom is 0.254 e. The molecule has 2 aromatic rings. The summed E-state index contributed by atoms with van der Waals surface area (Å²) in [7, 11) is 3.15. The van der Waals surface area contributed by atoms with Gasteiger partial charge in [0.25, 0.3) is 5.91 Å². The molecule has 6 heteroatoms. The highest BCUT2D eigenvalue weighted by Gasteiger charge is 2.15. The van der Waals surface area contributed by atoms with Gasteiger partial charge in [0.1, 0.15) is 5.75 Å². The minimum Gasteiger partial charge on any atom is -0.497 e. The van der Waals surface area contributed by atoms with Gasteiger partial charge in [0.05, 0.1) is 13.7 Å². The van der Waals surface area contributed by atoms with Crippen molar-refractivity contribution in [1.82, 2.24) is 4.90 Å². The van der Waals surface area contributed by atoms with Crippen molar-refractivity contribution in [3.8, 4) is 5.75 Å². The van der Waals surface area contributed by atoms with E-state index in [9.17, 15) is 9.59 Å². The Morgan fingerprint density at radius 1 is 1.17 bits per heavy atom. The molecule has 0 aliphatic rings. The Labute approximate surface area is 143 Å². The van der Waals surface area contributed by atoms with Crippen LogP contribution in [0.15, 0.2) is 53.0 Å². The molecule has 2 rings (SSSR count). The summed E-state index contributed by atoms with van der Waals surface area (Å²) in [6.07, 6.45) is 0. The van der Waals surface area contributed by atoms with Gasteiger partial charge in [-0.2, -0.15) is 0 Å². The van der Waals surface area contributed by atoms with Crippen molar-refractivity contribution in [2.45, 2.75) is 0 Å². The lowest BCUT2D eigenvalue weighted by molar-refractivity contribution is -0.116. The normalized spacial score (nSPS) is 10.0. The van der Waals surface area contributed by atoms with Crippen LogP contribution in [0.4, 0.5) is 5.69 Å². The van der Waals surface area contributed by atoms with Crippen molar-refractivity contribution in [3.05, 3.63) is 58.6 Å². The van der Waals surface area contributed by atoms with E-state index in [1.54, 1.807) is 56.6 Å². The smallest absolute Gasteiger partial charge is 0.254 e. The minimum absolute atomic E-state index is 0.0391. The van der Waals surface area contributed by atoms with Gasteiger partial charge < -0.3 is 15.0 Å². The first-order valence-corrected chi connectivity index (χ1v) is 7.74. The molecule has 0 heterocycles. The van der Waals surface area contributed by atoms with Gasteiger partial charge in [-0.3, -0.25) is 9.59 Å². The van der Waals surface area contributed by atoms with Crippen LogP contribution in [0.2, 0.25) is 0 Å². The van der Waals surface area contributed by atoms with E-state index < -0.39 is 0 Å². The van der Waals surface area contributed by atoms with Crippen molar-refractivity contribution in [2.24, 2.45) is 0 Å². The predicted octanol–water partition coefficient (Wildman–Crippen LogP) is 3.17. The number of amides is 2. The largest absolute Gasteiger partial charge is 0.497 e. The summed E-state index contributed by atoms with van der Waals surface area (Å²) in [4.78, 5) is 25.7. The number of hydrogen-bond donors (Lipinski definition) is 1. The van der Waals surface area contributed by atoms with Gasteiger partial charge in [-0.15, -0.1) is 0 Å². The van der Waals surface area contributed by atoms with Gasteiger partial charge >= 0.3 is 0 Å². The van der Waals surface area contributed by atoms with Crippen molar-refractivity contribution in [1.29, 1.82) is 0 Å². The Balaban J connectivity index is 1.97. The molecule has 23 heavy (non-hydrogen) atoms. The number of nitrogens with zero attached hydrogens (tertiary/aromatic N) is 1. The molecule has 2 aromatic carbocycles. The van der Waals surface area contributed by atoms with Crippen molar-refractivity contribution in [2.75, 3.05) is 26.0 Å². The van der Waals surface area contributed by atoms with E-state index in [1.807, 2.05) is 6.07 Å². The van der Waals surface area contributed by atoms with Crippen LogP contribution < -0.4 is 10.1 Å². The van der Waals surface area contributed by atoms with E-state index in [0.29, 0.717) is 17.0 Å². The van der Waals surface area contributed by atoms with Crippen LogP contribution >= 0.6 is 15.9 Å². The Hall–Kier alpha value is -2.34. The summed E-state index contributed by atoms with van der Waals surface area (Å²) in [5.74, 6) is 0.164. The molecule has 0 spiro atoms. The van der Waals surface area contributed by atoms with E-state index in [0.717, 1.165) is 4.47 Å². The zero-order valence-corrected chi connectivity index (χ0v) is 14.5. The second-order valence-corrected chi connectivity index (χ2v) is 5.87. The van der Waals surface area contributed by atoms with Crippen molar-refractivity contribution >= 4 is 33.4 Å². The van der Waals surface area contributed by atoms with Gasteiger partial charge in [0.15, 0.2) is 0 Å². The summed E-state index contributed by atoms with van der Waals surface area (Å²) in [5, 5.41) is 2.74. The third-order valence-electron chi connectivity index (χ3n) is 3.15. The summed E-state index contributed by atoms with van der Waals surface area (Å²) < 4.78 is 5.92. The SMILES string of the molecule is COc1cccc(NC(=O)CN(C)C(=O)c2cccc(Br)c2)c1. The fourth-order valence-electron chi connectivity index (χ4n) is 2.03. The number of nitrogens with one attached hydrogen (secondary N) is 1. The molecule has 0 saturated heterocycles. The van der Waals surface area contributed by atoms with E-state index in [2.05, 4.69) is 21.2 Å². The first kappa shape index (κ1) is 17.0. The molecule has 0 aliphatic heterocycles. The number of carbonyl (C=O) groups is 2. The Kier molecular flexibility index (Phi) is 5.76. The molecule has 0 saturated carbocycles. The molecule has 0 aliphatic carbocycles. The average molecular weight is 377 g/mol. The molecule has 0 bridgehead atoms. The number of rotatable bonds is 5. The Morgan fingerprint density at radius 2 is 1.91 bits per heavy atom. The first-order valence-electron chi connectivity index (χ1n) is 6.94. The lowest BCUT2D eigenvalue weighted by Gasteiger charge is -2.17. The molecule has 5 nitrogen and oxygen atoms in total. The minimum atomic E-state index is -0.274.